The topological polar surface area (TPSA) is 88.6 Å². The van der Waals surface area contributed by atoms with Crippen LogP contribution in [0.15, 0.2) is 46.0 Å². The van der Waals surface area contributed by atoms with E-state index in [1.165, 1.54) is 27.0 Å². The highest BCUT2D eigenvalue weighted by Crippen LogP contribution is 2.40. The number of thiophene rings is 1. The van der Waals surface area contributed by atoms with Gasteiger partial charge in [-0.05, 0) is 36.4 Å². The number of hydrogen-bond donors (Lipinski definition) is 1. The van der Waals surface area contributed by atoms with Gasteiger partial charge in [-0.2, -0.15) is 4.31 Å². The standard InChI is InChI=1S/C20H19N3O4S3/c24-19(13-5-3-9-23(11-13)30(25,26)17-8-4-10-28-17)22-20-21-18-14-6-1-2-7-15(14)27-12-16(18)29-20/h1-2,4,6-8,10,13H,3,5,9,11-12H2,(H,21,22,24). The molecule has 30 heavy (non-hydrogen) atoms. The van der Waals surface area contributed by atoms with Crippen molar-refractivity contribution in [2.45, 2.75) is 23.7 Å². The molecule has 0 aliphatic carbocycles. The number of rotatable bonds is 4. The van der Waals surface area contributed by atoms with Crippen LogP contribution < -0.4 is 10.1 Å². The Kier molecular flexibility index (Phi) is 5.10. The minimum absolute atomic E-state index is 0.184. The van der Waals surface area contributed by atoms with E-state index in [0.29, 0.717) is 35.3 Å². The summed E-state index contributed by atoms with van der Waals surface area (Å²) in [7, 11) is -3.55. The number of anilines is 1. The van der Waals surface area contributed by atoms with Crippen molar-refractivity contribution in [1.29, 1.82) is 0 Å². The molecular weight excluding hydrogens is 442 g/mol. The second kappa shape index (κ2) is 7.77. The number of carbonyl (C=O) groups excluding carboxylic acids is 1. The number of ether oxygens (including phenoxy) is 1. The number of aromatic nitrogens is 1. The number of sulfonamides is 1. The van der Waals surface area contributed by atoms with Gasteiger partial charge < -0.3 is 10.1 Å². The van der Waals surface area contributed by atoms with Crippen LogP contribution in [0.1, 0.15) is 17.7 Å². The number of carbonyl (C=O) groups is 1. The van der Waals surface area contributed by atoms with Gasteiger partial charge in [-0.25, -0.2) is 13.4 Å². The average molecular weight is 462 g/mol. The number of piperidine rings is 1. The maximum atomic E-state index is 12.9. The quantitative estimate of drug-likeness (QED) is 0.638. The Hall–Kier alpha value is -2.27. The van der Waals surface area contributed by atoms with Crippen molar-refractivity contribution in [2.75, 3.05) is 18.4 Å². The highest BCUT2D eigenvalue weighted by molar-refractivity contribution is 7.91. The smallest absolute Gasteiger partial charge is 0.252 e. The van der Waals surface area contributed by atoms with Crippen molar-refractivity contribution in [1.82, 2.24) is 9.29 Å². The first-order chi connectivity index (χ1) is 14.5. The van der Waals surface area contributed by atoms with Crippen molar-refractivity contribution in [3.8, 4) is 17.0 Å². The van der Waals surface area contributed by atoms with E-state index in [1.54, 1.807) is 17.5 Å². The molecule has 10 heteroatoms. The molecule has 3 aromatic rings. The number of amides is 1. The summed E-state index contributed by atoms with van der Waals surface area (Å²) in [5.74, 6) is 0.189. The fraction of sp³-hybridized carbons (Fsp3) is 0.300. The van der Waals surface area contributed by atoms with Gasteiger partial charge in [0, 0.05) is 18.7 Å². The number of nitrogens with one attached hydrogen (secondary N) is 1. The first-order valence-corrected chi connectivity index (χ1v) is 12.7. The third-order valence-electron chi connectivity index (χ3n) is 5.27. The van der Waals surface area contributed by atoms with Gasteiger partial charge in [-0.15, -0.1) is 11.3 Å². The molecular formula is C20H19N3O4S3. The Balaban J connectivity index is 1.31. The average Bonchev–Trinajstić information content (AvgIpc) is 3.44. The van der Waals surface area contributed by atoms with E-state index in [-0.39, 0.29) is 12.5 Å². The number of nitrogens with zero attached hydrogens (tertiary/aromatic N) is 2. The molecule has 1 saturated heterocycles. The second-order valence-electron chi connectivity index (χ2n) is 7.20. The fourth-order valence-corrected chi connectivity index (χ4v) is 7.33. The van der Waals surface area contributed by atoms with Crippen LogP contribution in [0.5, 0.6) is 5.75 Å². The van der Waals surface area contributed by atoms with E-state index in [4.69, 9.17) is 4.74 Å². The van der Waals surface area contributed by atoms with E-state index in [0.717, 1.165) is 21.9 Å². The Labute approximate surface area is 182 Å². The molecule has 1 fully saturated rings. The van der Waals surface area contributed by atoms with Gasteiger partial charge in [0.1, 0.15) is 16.6 Å². The van der Waals surface area contributed by atoms with Crippen LogP contribution in [0.3, 0.4) is 0 Å². The summed E-state index contributed by atoms with van der Waals surface area (Å²) in [6.45, 7) is 1.04. The zero-order chi connectivity index (χ0) is 20.7. The van der Waals surface area contributed by atoms with E-state index in [1.807, 2.05) is 24.3 Å². The van der Waals surface area contributed by atoms with Crippen LogP contribution >= 0.6 is 22.7 Å². The lowest BCUT2D eigenvalue weighted by molar-refractivity contribution is -0.120. The highest BCUT2D eigenvalue weighted by Gasteiger charge is 2.34. The number of fused-ring (bicyclic) bond motifs is 3. The summed E-state index contributed by atoms with van der Waals surface area (Å²) in [6.07, 6.45) is 1.30. The minimum atomic E-state index is -3.55. The van der Waals surface area contributed by atoms with Gasteiger partial charge in [0.15, 0.2) is 5.13 Å². The molecule has 1 amide bonds. The summed E-state index contributed by atoms with van der Waals surface area (Å²) < 4.78 is 33.1. The molecule has 4 heterocycles. The molecule has 5 rings (SSSR count). The van der Waals surface area contributed by atoms with Crippen LogP contribution in [0.2, 0.25) is 0 Å². The van der Waals surface area contributed by atoms with Crippen molar-refractivity contribution in [3.63, 3.8) is 0 Å². The van der Waals surface area contributed by atoms with Gasteiger partial charge in [0.25, 0.3) is 10.0 Å². The largest absolute Gasteiger partial charge is 0.487 e. The molecule has 0 saturated carbocycles. The maximum absolute atomic E-state index is 12.9. The molecule has 7 nitrogen and oxygen atoms in total. The van der Waals surface area contributed by atoms with Crippen LogP contribution in [0.25, 0.3) is 11.3 Å². The zero-order valence-corrected chi connectivity index (χ0v) is 18.4. The fourth-order valence-electron chi connectivity index (χ4n) is 3.76. The molecule has 1 aromatic carbocycles. The van der Waals surface area contributed by atoms with E-state index < -0.39 is 15.9 Å². The van der Waals surface area contributed by atoms with Gasteiger partial charge >= 0.3 is 0 Å². The van der Waals surface area contributed by atoms with Crippen LogP contribution in [0.4, 0.5) is 5.13 Å². The summed E-state index contributed by atoms with van der Waals surface area (Å²) in [5.41, 5.74) is 1.75. The number of para-hydroxylation sites is 1. The first kappa shape index (κ1) is 19.7. The molecule has 2 aromatic heterocycles. The third-order valence-corrected chi connectivity index (χ3v) is 9.46. The van der Waals surface area contributed by atoms with Gasteiger partial charge in [0.2, 0.25) is 5.91 Å². The molecule has 156 valence electrons. The Morgan fingerprint density at radius 3 is 2.93 bits per heavy atom. The third kappa shape index (κ3) is 3.53. The molecule has 1 atom stereocenters. The Bertz CT molecular complexity index is 1190. The molecule has 0 bridgehead atoms. The van der Waals surface area contributed by atoms with Gasteiger partial charge in [0.05, 0.1) is 16.5 Å². The van der Waals surface area contributed by atoms with E-state index >= 15 is 0 Å². The van der Waals surface area contributed by atoms with Crippen LogP contribution in [-0.4, -0.2) is 36.7 Å². The van der Waals surface area contributed by atoms with Crippen molar-refractivity contribution in [2.24, 2.45) is 5.92 Å². The lowest BCUT2D eigenvalue weighted by Crippen LogP contribution is -2.43. The molecule has 2 aliphatic heterocycles. The number of benzene rings is 1. The maximum Gasteiger partial charge on any atom is 0.252 e. The zero-order valence-electron chi connectivity index (χ0n) is 15.9. The minimum Gasteiger partial charge on any atom is -0.487 e. The number of thiazole rings is 1. The molecule has 1 N–H and O–H groups in total. The summed E-state index contributed by atoms with van der Waals surface area (Å²) in [6, 6.07) is 11.0. The second-order valence-corrected chi connectivity index (χ2v) is 11.4. The highest BCUT2D eigenvalue weighted by atomic mass is 32.2. The summed E-state index contributed by atoms with van der Waals surface area (Å²) in [4.78, 5) is 18.5. The van der Waals surface area contributed by atoms with Gasteiger partial charge in [-0.3, -0.25) is 4.79 Å². The molecule has 0 spiro atoms. The van der Waals surface area contributed by atoms with E-state index in [9.17, 15) is 13.2 Å². The SMILES string of the molecule is O=C(Nc1nc2c(s1)COc1ccccc1-2)C1CCCN(S(=O)(=O)c2cccs2)C1. The van der Waals surface area contributed by atoms with E-state index in [2.05, 4.69) is 10.3 Å². The first-order valence-electron chi connectivity index (χ1n) is 9.59. The van der Waals surface area contributed by atoms with Gasteiger partial charge in [-0.1, -0.05) is 29.5 Å². The molecule has 1 unspecified atom stereocenters. The molecule has 2 aliphatic rings. The molecule has 0 radical (unpaired) electrons. The number of hydrogen-bond acceptors (Lipinski definition) is 7. The predicted molar refractivity (Wildman–Crippen MR) is 116 cm³/mol. The van der Waals surface area contributed by atoms with Crippen molar-refractivity contribution in [3.05, 3.63) is 46.7 Å². The summed E-state index contributed by atoms with van der Waals surface area (Å²) >= 11 is 2.59. The predicted octanol–water partition coefficient (Wildman–Crippen LogP) is 3.80. The Morgan fingerprint density at radius 1 is 1.23 bits per heavy atom. The Morgan fingerprint density at radius 2 is 2.10 bits per heavy atom. The van der Waals surface area contributed by atoms with Crippen LogP contribution in [-0.2, 0) is 21.4 Å². The van der Waals surface area contributed by atoms with Crippen molar-refractivity contribution < 1.29 is 17.9 Å². The summed E-state index contributed by atoms with van der Waals surface area (Å²) in [5, 5.41) is 5.16. The normalized spacial score (nSPS) is 18.9. The lowest BCUT2D eigenvalue weighted by Gasteiger charge is -2.30. The van der Waals surface area contributed by atoms with Crippen molar-refractivity contribution >= 4 is 43.7 Å². The lowest BCUT2D eigenvalue weighted by atomic mass is 9.99. The van der Waals surface area contributed by atoms with Crippen LogP contribution in [0, 0.1) is 5.92 Å². The monoisotopic (exact) mass is 461 g/mol.